The largest absolute Gasteiger partial charge is 0.324 e. The van der Waals surface area contributed by atoms with Crippen LogP contribution in [0, 0.1) is 5.82 Å². The Bertz CT molecular complexity index is 915. The maximum atomic E-state index is 13.7. The number of hydrogen-bond acceptors (Lipinski definition) is 2. The van der Waals surface area contributed by atoms with Crippen LogP contribution in [0.2, 0.25) is 5.02 Å². The Morgan fingerprint density at radius 3 is 2.64 bits per heavy atom. The summed E-state index contributed by atoms with van der Waals surface area (Å²) in [5.74, 6) is 0.0148. The van der Waals surface area contributed by atoms with Crippen LogP contribution in [0.4, 0.5) is 20.7 Å². The van der Waals surface area contributed by atoms with Gasteiger partial charge in [-0.15, -0.1) is 0 Å². The van der Waals surface area contributed by atoms with Crippen LogP contribution in [0.5, 0.6) is 0 Å². The van der Waals surface area contributed by atoms with Crippen molar-refractivity contribution in [2.75, 3.05) is 10.6 Å². The molecule has 2 amide bonds. The fraction of sp³-hybridized carbons (Fsp3) is 0.0588. The Kier molecular flexibility index (Phi) is 5.35. The molecule has 8 heteroatoms. The van der Waals surface area contributed by atoms with Gasteiger partial charge in [-0.3, -0.25) is 10.00 Å². The van der Waals surface area contributed by atoms with Crippen LogP contribution in [-0.4, -0.2) is 15.8 Å². The van der Waals surface area contributed by atoms with Crippen molar-refractivity contribution in [3.63, 3.8) is 0 Å². The van der Waals surface area contributed by atoms with Crippen LogP contribution in [-0.2, 0) is 6.54 Å². The number of amides is 2. The maximum Gasteiger partial charge on any atom is 0.324 e. The highest BCUT2D eigenvalue weighted by Crippen LogP contribution is 2.23. The summed E-state index contributed by atoms with van der Waals surface area (Å²) >= 11 is 9.34. The fourth-order valence-corrected chi connectivity index (χ4v) is 2.79. The molecular formula is C17H13BrClFN4O. The van der Waals surface area contributed by atoms with E-state index >= 15 is 0 Å². The molecule has 0 bridgehead atoms. The highest BCUT2D eigenvalue weighted by Gasteiger charge is 2.12. The van der Waals surface area contributed by atoms with Gasteiger partial charge in [-0.25, -0.2) is 9.18 Å². The average molecular weight is 424 g/mol. The molecule has 0 saturated heterocycles. The number of anilines is 2. The zero-order valence-electron chi connectivity index (χ0n) is 12.8. The molecule has 128 valence electrons. The quantitative estimate of drug-likeness (QED) is 0.611. The molecule has 0 aliphatic rings. The minimum absolute atomic E-state index is 0.249. The van der Waals surface area contributed by atoms with E-state index in [1.165, 1.54) is 10.7 Å². The van der Waals surface area contributed by atoms with Gasteiger partial charge < -0.3 is 5.32 Å². The normalized spacial score (nSPS) is 10.5. The van der Waals surface area contributed by atoms with Gasteiger partial charge in [-0.05, 0) is 34.1 Å². The van der Waals surface area contributed by atoms with Crippen LogP contribution in [0.1, 0.15) is 5.56 Å². The minimum Gasteiger partial charge on any atom is -0.306 e. The maximum absolute atomic E-state index is 13.7. The number of para-hydroxylation sites is 1. The lowest BCUT2D eigenvalue weighted by Gasteiger charge is -2.07. The number of nitrogens with one attached hydrogen (secondary N) is 2. The van der Waals surface area contributed by atoms with Gasteiger partial charge in [0.2, 0.25) is 0 Å². The molecule has 5 nitrogen and oxygen atoms in total. The minimum atomic E-state index is -0.482. The third kappa shape index (κ3) is 4.37. The van der Waals surface area contributed by atoms with E-state index in [1.807, 2.05) is 0 Å². The van der Waals surface area contributed by atoms with Crippen LogP contribution >= 0.6 is 27.5 Å². The Balaban J connectivity index is 1.69. The van der Waals surface area contributed by atoms with Gasteiger partial charge in [0.25, 0.3) is 0 Å². The molecule has 0 radical (unpaired) electrons. The molecule has 0 unspecified atom stereocenters. The summed E-state index contributed by atoms with van der Waals surface area (Å²) in [7, 11) is 0. The number of benzene rings is 2. The number of carbonyl (C=O) groups excluding carboxylic acids is 1. The topological polar surface area (TPSA) is 59.0 Å². The van der Waals surface area contributed by atoms with Crippen LogP contribution in [0.25, 0.3) is 0 Å². The third-order valence-electron chi connectivity index (χ3n) is 3.36. The number of hydrogen-bond donors (Lipinski definition) is 2. The van der Waals surface area contributed by atoms with Crippen LogP contribution in [0.15, 0.2) is 59.2 Å². The van der Waals surface area contributed by atoms with E-state index in [4.69, 9.17) is 11.6 Å². The zero-order valence-corrected chi connectivity index (χ0v) is 15.2. The molecule has 0 aliphatic heterocycles. The number of nitrogens with zero attached hydrogens (tertiary/aromatic N) is 2. The van der Waals surface area contributed by atoms with Crippen LogP contribution < -0.4 is 10.6 Å². The number of halogens is 3. The smallest absolute Gasteiger partial charge is 0.306 e. The summed E-state index contributed by atoms with van der Waals surface area (Å²) in [5, 5.41) is 9.95. The molecule has 3 rings (SSSR count). The van der Waals surface area contributed by atoms with Crippen molar-refractivity contribution in [2.45, 2.75) is 6.54 Å². The first kappa shape index (κ1) is 17.4. The second-order valence-corrected chi connectivity index (χ2v) is 6.44. The predicted octanol–water partition coefficient (Wildman–Crippen LogP) is 5.13. The summed E-state index contributed by atoms with van der Waals surface area (Å²) in [5.41, 5.74) is 0.994. The van der Waals surface area contributed by atoms with Crippen molar-refractivity contribution < 1.29 is 9.18 Å². The molecule has 1 aromatic heterocycles. The highest BCUT2D eigenvalue weighted by atomic mass is 79.9. The van der Waals surface area contributed by atoms with Gasteiger partial charge >= 0.3 is 6.03 Å². The van der Waals surface area contributed by atoms with E-state index in [0.717, 1.165) is 0 Å². The van der Waals surface area contributed by atoms with E-state index in [1.54, 1.807) is 48.7 Å². The Morgan fingerprint density at radius 2 is 1.88 bits per heavy atom. The van der Waals surface area contributed by atoms with Crippen molar-refractivity contribution in [1.82, 2.24) is 9.78 Å². The van der Waals surface area contributed by atoms with E-state index in [0.29, 0.717) is 26.6 Å². The zero-order chi connectivity index (χ0) is 17.8. The van der Waals surface area contributed by atoms with Crippen molar-refractivity contribution in [1.29, 1.82) is 0 Å². The lowest BCUT2D eigenvalue weighted by atomic mass is 10.2. The SMILES string of the molecule is O=C(Nc1ccccc1Cl)Nc1nn(Cc2ccccc2F)cc1Br. The van der Waals surface area contributed by atoms with Gasteiger partial charge in [0.1, 0.15) is 5.82 Å². The Morgan fingerprint density at radius 1 is 1.16 bits per heavy atom. The van der Waals surface area contributed by atoms with Crippen molar-refractivity contribution >= 4 is 45.1 Å². The van der Waals surface area contributed by atoms with Gasteiger partial charge in [-0.1, -0.05) is 41.9 Å². The molecule has 1 heterocycles. The molecule has 3 aromatic rings. The molecule has 0 fully saturated rings. The van der Waals surface area contributed by atoms with Crippen molar-refractivity contribution in [3.8, 4) is 0 Å². The Labute approximate surface area is 156 Å². The van der Waals surface area contributed by atoms with Gasteiger partial charge in [0.05, 0.1) is 21.7 Å². The molecule has 25 heavy (non-hydrogen) atoms. The number of aromatic nitrogens is 2. The van der Waals surface area contributed by atoms with Gasteiger partial charge in [0, 0.05) is 11.8 Å². The number of rotatable bonds is 4. The van der Waals surface area contributed by atoms with Gasteiger partial charge in [0.15, 0.2) is 5.82 Å². The Hall–Kier alpha value is -2.38. The van der Waals surface area contributed by atoms with E-state index in [-0.39, 0.29) is 12.4 Å². The van der Waals surface area contributed by atoms with Gasteiger partial charge in [-0.2, -0.15) is 5.10 Å². The summed E-state index contributed by atoms with van der Waals surface area (Å²) in [4.78, 5) is 12.1. The number of carbonyl (C=O) groups is 1. The average Bonchev–Trinajstić information content (AvgIpc) is 2.91. The summed E-state index contributed by atoms with van der Waals surface area (Å²) in [6.45, 7) is 0.249. The molecule has 0 aliphatic carbocycles. The first-order chi connectivity index (χ1) is 12.0. The second kappa shape index (κ2) is 7.67. The second-order valence-electron chi connectivity index (χ2n) is 5.17. The molecule has 0 spiro atoms. The highest BCUT2D eigenvalue weighted by molar-refractivity contribution is 9.10. The third-order valence-corrected chi connectivity index (χ3v) is 4.27. The van der Waals surface area contributed by atoms with E-state index in [9.17, 15) is 9.18 Å². The summed E-state index contributed by atoms with van der Waals surface area (Å²) in [6.07, 6.45) is 1.66. The predicted molar refractivity (Wildman–Crippen MR) is 99.5 cm³/mol. The van der Waals surface area contributed by atoms with Crippen LogP contribution in [0.3, 0.4) is 0 Å². The molecular weight excluding hydrogens is 411 g/mol. The summed E-state index contributed by atoms with van der Waals surface area (Å²) in [6, 6.07) is 12.9. The fourth-order valence-electron chi connectivity index (χ4n) is 2.19. The molecule has 0 saturated carbocycles. The van der Waals surface area contributed by atoms with Crippen molar-refractivity contribution in [2.24, 2.45) is 0 Å². The van der Waals surface area contributed by atoms with E-state index in [2.05, 4.69) is 31.7 Å². The molecule has 0 atom stereocenters. The first-order valence-electron chi connectivity index (χ1n) is 7.32. The lowest BCUT2D eigenvalue weighted by Crippen LogP contribution is -2.20. The number of urea groups is 1. The standard InChI is InChI=1S/C17H13BrClFN4O/c18-12-10-24(9-11-5-1-3-7-14(11)20)23-16(12)22-17(25)21-15-8-4-2-6-13(15)19/h1-8,10H,9H2,(H2,21,22,23,25). The molecule has 2 aromatic carbocycles. The van der Waals surface area contributed by atoms with E-state index < -0.39 is 6.03 Å². The monoisotopic (exact) mass is 422 g/mol. The van der Waals surface area contributed by atoms with Crippen molar-refractivity contribution in [3.05, 3.63) is 75.6 Å². The first-order valence-corrected chi connectivity index (χ1v) is 8.49. The lowest BCUT2D eigenvalue weighted by molar-refractivity contribution is 0.262. The molecule has 2 N–H and O–H groups in total. The summed E-state index contributed by atoms with van der Waals surface area (Å²) < 4.78 is 15.8.